The third kappa shape index (κ3) is 5.44. The first kappa shape index (κ1) is 20.6. The predicted octanol–water partition coefficient (Wildman–Crippen LogP) is 3.28. The van der Waals surface area contributed by atoms with Gasteiger partial charge >= 0.3 is 0 Å². The molecule has 0 aliphatic heterocycles. The molecule has 1 aliphatic rings. The number of hydrogen-bond acceptors (Lipinski definition) is 3. The third-order valence-electron chi connectivity index (χ3n) is 4.95. The van der Waals surface area contributed by atoms with Gasteiger partial charge in [0.25, 0.3) is 11.8 Å². The maximum Gasteiger partial charge on any atom is 0.252 e. The molecule has 0 spiro atoms. The first-order valence-corrected chi connectivity index (χ1v) is 9.93. The Balaban J connectivity index is 1.64. The molecule has 6 nitrogen and oxygen atoms in total. The zero-order valence-corrected chi connectivity index (χ0v) is 17.0. The van der Waals surface area contributed by atoms with Crippen LogP contribution in [0.15, 0.2) is 48.5 Å². The number of anilines is 1. The summed E-state index contributed by atoms with van der Waals surface area (Å²) >= 11 is 0. The van der Waals surface area contributed by atoms with Crippen molar-refractivity contribution < 1.29 is 14.4 Å². The molecule has 1 atom stereocenters. The fraction of sp³-hybridized carbons (Fsp3) is 0.348. The Labute approximate surface area is 171 Å². The van der Waals surface area contributed by atoms with Crippen molar-refractivity contribution in [3.8, 4) is 0 Å². The molecular formula is C23H27N3O3. The van der Waals surface area contributed by atoms with E-state index in [1.54, 1.807) is 36.4 Å². The van der Waals surface area contributed by atoms with E-state index in [4.69, 9.17) is 0 Å². The van der Waals surface area contributed by atoms with Gasteiger partial charge < -0.3 is 16.0 Å². The van der Waals surface area contributed by atoms with E-state index >= 15 is 0 Å². The maximum absolute atomic E-state index is 12.8. The van der Waals surface area contributed by atoms with Gasteiger partial charge in [0.2, 0.25) is 5.91 Å². The molecule has 1 saturated carbocycles. The lowest BCUT2D eigenvalue weighted by atomic mass is 10.0. The van der Waals surface area contributed by atoms with Crippen molar-refractivity contribution in [2.24, 2.45) is 5.92 Å². The third-order valence-corrected chi connectivity index (χ3v) is 4.95. The number of benzene rings is 2. The molecule has 1 aliphatic carbocycles. The summed E-state index contributed by atoms with van der Waals surface area (Å²) < 4.78 is 0. The summed E-state index contributed by atoms with van der Waals surface area (Å²) in [4.78, 5) is 37.5. The second-order valence-electron chi connectivity index (χ2n) is 7.82. The van der Waals surface area contributed by atoms with Crippen molar-refractivity contribution in [3.05, 3.63) is 65.2 Å². The first-order valence-electron chi connectivity index (χ1n) is 9.93. The molecule has 0 saturated heterocycles. The lowest BCUT2D eigenvalue weighted by Crippen LogP contribution is -2.47. The van der Waals surface area contributed by atoms with Gasteiger partial charge in [-0.2, -0.15) is 0 Å². The van der Waals surface area contributed by atoms with Gasteiger partial charge in [-0.1, -0.05) is 32.0 Å². The lowest BCUT2D eigenvalue weighted by Gasteiger charge is -2.22. The highest BCUT2D eigenvalue weighted by atomic mass is 16.2. The first-order chi connectivity index (χ1) is 13.8. The molecule has 0 aromatic heterocycles. The minimum Gasteiger partial charge on any atom is -0.349 e. The van der Waals surface area contributed by atoms with Crippen LogP contribution in [0.1, 0.15) is 53.0 Å². The number of carbonyl (C=O) groups is 3. The highest BCUT2D eigenvalue weighted by Gasteiger charge is 2.26. The summed E-state index contributed by atoms with van der Waals surface area (Å²) in [5, 5.41) is 8.60. The van der Waals surface area contributed by atoms with Gasteiger partial charge in [0, 0.05) is 22.9 Å². The van der Waals surface area contributed by atoms with E-state index in [9.17, 15) is 14.4 Å². The molecule has 0 bridgehead atoms. The highest BCUT2D eigenvalue weighted by Crippen LogP contribution is 2.20. The van der Waals surface area contributed by atoms with Gasteiger partial charge in [-0.3, -0.25) is 14.4 Å². The van der Waals surface area contributed by atoms with E-state index in [-0.39, 0.29) is 23.6 Å². The normalized spacial score (nSPS) is 14.2. The van der Waals surface area contributed by atoms with E-state index in [1.165, 1.54) is 0 Å². The van der Waals surface area contributed by atoms with Crippen molar-refractivity contribution in [1.29, 1.82) is 0 Å². The molecular weight excluding hydrogens is 366 g/mol. The summed E-state index contributed by atoms with van der Waals surface area (Å²) in [6, 6.07) is 13.6. The molecule has 1 fully saturated rings. The fourth-order valence-corrected chi connectivity index (χ4v) is 3.00. The van der Waals surface area contributed by atoms with Crippen molar-refractivity contribution in [1.82, 2.24) is 10.6 Å². The van der Waals surface area contributed by atoms with Gasteiger partial charge in [0.1, 0.15) is 6.04 Å². The van der Waals surface area contributed by atoms with Crippen LogP contribution in [-0.2, 0) is 4.79 Å². The van der Waals surface area contributed by atoms with Crippen molar-refractivity contribution in [2.45, 2.75) is 45.7 Å². The van der Waals surface area contributed by atoms with Gasteiger partial charge in [0.05, 0.1) is 0 Å². The Hall–Kier alpha value is -3.15. The predicted molar refractivity (Wildman–Crippen MR) is 113 cm³/mol. The van der Waals surface area contributed by atoms with E-state index < -0.39 is 6.04 Å². The van der Waals surface area contributed by atoms with Gasteiger partial charge in [-0.15, -0.1) is 0 Å². The van der Waals surface area contributed by atoms with Crippen LogP contribution in [0.3, 0.4) is 0 Å². The lowest BCUT2D eigenvalue weighted by molar-refractivity contribution is -0.118. The van der Waals surface area contributed by atoms with Crippen LogP contribution < -0.4 is 16.0 Å². The molecule has 152 valence electrons. The summed E-state index contributed by atoms with van der Waals surface area (Å²) in [5.74, 6) is -0.761. The molecule has 29 heavy (non-hydrogen) atoms. The van der Waals surface area contributed by atoms with Crippen LogP contribution in [0.25, 0.3) is 0 Å². The number of rotatable bonds is 7. The van der Waals surface area contributed by atoms with Gasteiger partial charge in [0.15, 0.2) is 0 Å². The van der Waals surface area contributed by atoms with Crippen molar-refractivity contribution in [2.75, 3.05) is 5.32 Å². The van der Waals surface area contributed by atoms with Crippen LogP contribution in [0.2, 0.25) is 0 Å². The van der Waals surface area contributed by atoms with Gasteiger partial charge in [-0.25, -0.2) is 0 Å². The van der Waals surface area contributed by atoms with Crippen molar-refractivity contribution in [3.63, 3.8) is 0 Å². The highest BCUT2D eigenvalue weighted by molar-refractivity contribution is 6.02. The van der Waals surface area contributed by atoms with Crippen LogP contribution in [0, 0.1) is 12.8 Å². The Morgan fingerprint density at radius 1 is 0.931 bits per heavy atom. The van der Waals surface area contributed by atoms with E-state index in [2.05, 4.69) is 16.0 Å². The van der Waals surface area contributed by atoms with E-state index in [0.717, 1.165) is 18.4 Å². The second-order valence-corrected chi connectivity index (χ2v) is 7.82. The fourth-order valence-electron chi connectivity index (χ4n) is 3.00. The smallest absolute Gasteiger partial charge is 0.252 e. The summed E-state index contributed by atoms with van der Waals surface area (Å²) in [5.41, 5.74) is 2.54. The van der Waals surface area contributed by atoms with Crippen molar-refractivity contribution >= 4 is 23.4 Å². The number of aryl methyl sites for hydroxylation is 1. The maximum atomic E-state index is 12.8. The van der Waals surface area contributed by atoms with Crippen LogP contribution >= 0.6 is 0 Å². The SMILES string of the molecule is Cc1ccccc1C(=O)NC(C(=O)Nc1ccc(C(=O)NC2CC2)cc1)C(C)C. The number of amides is 3. The van der Waals surface area contributed by atoms with E-state index in [1.807, 2.05) is 32.9 Å². The standard InChI is InChI=1S/C23H27N3O3/c1-14(2)20(26-22(28)19-7-5-4-6-15(19)3)23(29)25-17-10-8-16(9-11-17)21(27)24-18-12-13-18/h4-11,14,18,20H,12-13H2,1-3H3,(H,24,27)(H,25,29)(H,26,28). The summed E-state index contributed by atoms with van der Waals surface area (Å²) in [7, 11) is 0. The monoisotopic (exact) mass is 393 g/mol. The molecule has 0 heterocycles. The largest absolute Gasteiger partial charge is 0.349 e. The average Bonchev–Trinajstić information content (AvgIpc) is 3.50. The zero-order valence-electron chi connectivity index (χ0n) is 17.0. The molecule has 3 rings (SSSR count). The minimum atomic E-state index is -0.681. The molecule has 1 unspecified atom stereocenters. The molecule has 6 heteroatoms. The average molecular weight is 393 g/mol. The van der Waals surface area contributed by atoms with Gasteiger partial charge in [-0.05, 0) is 61.6 Å². The van der Waals surface area contributed by atoms with Crippen LogP contribution in [0.5, 0.6) is 0 Å². The molecule has 0 radical (unpaired) electrons. The summed E-state index contributed by atoms with van der Waals surface area (Å²) in [6.07, 6.45) is 2.06. The minimum absolute atomic E-state index is 0.0911. The molecule has 3 N–H and O–H groups in total. The number of nitrogens with one attached hydrogen (secondary N) is 3. The number of hydrogen-bond donors (Lipinski definition) is 3. The Bertz CT molecular complexity index is 902. The molecule has 3 amide bonds. The quantitative estimate of drug-likeness (QED) is 0.675. The Morgan fingerprint density at radius 2 is 1.59 bits per heavy atom. The molecule has 2 aromatic rings. The zero-order chi connectivity index (χ0) is 21.0. The topological polar surface area (TPSA) is 87.3 Å². The summed E-state index contributed by atoms with van der Waals surface area (Å²) in [6.45, 7) is 5.63. The van der Waals surface area contributed by atoms with E-state index in [0.29, 0.717) is 22.9 Å². The Morgan fingerprint density at radius 3 is 2.17 bits per heavy atom. The number of carbonyl (C=O) groups excluding carboxylic acids is 3. The Kier molecular flexibility index (Phi) is 6.32. The van der Waals surface area contributed by atoms with Crippen LogP contribution in [-0.4, -0.2) is 29.8 Å². The molecule has 2 aromatic carbocycles. The van der Waals surface area contributed by atoms with Crippen LogP contribution in [0.4, 0.5) is 5.69 Å². The second kappa shape index (κ2) is 8.90.